The minimum Gasteiger partial charge on any atom is -0.462 e. The quantitative estimate of drug-likeness (QED) is 0.0143. The Bertz CT molecular complexity index is 2030. The third-order valence-corrected chi connectivity index (χ3v) is 19.3. The zero-order valence-corrected chi connectivity index (χ0v) is 65.7. The van der Waals surface area contributed by atoms with E-state index in [1.807, 2.05) is 0 Å². The first-order valence-electron chi connectivity index (χ1n) is 40.6. The fourth-order valence-electron chi connectivity index (χ4n) is 12.6. The molecule has 22 heteroatoms. The standard InChI is InChI=1S/C72H135N2O18P.C6H15N/c1-7-13-19-25-28-31-34-37-40-46-59(87-65(79)49-43-22-16-10-4)52-63(77)73-58(55-75)57-86-72-69(74-64(78)53-60(88-66(80)50-44-23-17-11-5)47-41-38-35-32-29-26-20-14-8-2)71(70(62(56-76)90-72)92-93(83,84)85)91-68(82)54-61(89-67(81)51-45-24-18-12-6)48-42-39-36-33-30-27-21-15-9-3;1-4-7(5-2)6-3/h58-62,69-72,75-76H,7-57H2,1-6H3,(H,73,77)(H,74,78)(H2,83,84,85);4-6H2,1-3H3/t58-,59+,60+,61+,62+,69+,70+,71+,72+;/m0./s1. The number of rotatable bonds is 67. The average Bonchev–Trinajstić information content (AvgIpc) is 0.781. The average molecular weight is 1450 g/mol. The number of aliphatic hydroxyl groups excluding tert-OH is 2. The van der Waals surface area contributed by atoms with Gasteiger partial charge in [0.15, 0.2) is 12.4 Å². The third kappa shape index (κ3) is 54.4. The maximum atomic E-state index is 14.7. The van der Waals surface area contributed by atoms with Crippen LogP contribution in [0.5, 0.6) is 0 Å². The summed E-state index contributed by atoms with van der Waals surface area (Å²) in [6.07, 6.45) is 29.5. The largest absolute Gasteiger partial charge is 0.470 e. The van der Waals surface area contributed by atoms with Crippen LogP contribution < -0.4 is 10.6 Å². The lowest BCUT2D eigenvalue weighted by Crippen LogP contribution is -2.66. The van der Waals surface area contributed by atoms with E-state index in [1.165, 1.54) is 71.0 Å². The minimum atomic E-state index is -5.50. The van der Waals surface area contributed by atoms with E-state index in [2.05, 4.69) is 77.8 Å². The number of amides is 2. The monoisotopic (exact) mass is 1450 g/mol. The maximum absolute atomic E-state index is 14.7. The molecule has 1 aliphatic rings. The molecule has 6 N–H and O–H groups in total. The van der Waals surface area contributed by atoms with Crippen molar-refractivity contribution >= 4 is 43.5 Å². The molecule has 1 aliphatic heterocycles. The van der Waals surface area contributed by atoms with Crippen LogP contribution in [0.4, 0.5) is 0 Å². The zero-order valence-electron chi connectivity index (χ0n) is 64.8. The van der Waals surface area contributed by atoms with E-state index in [1.54, 1.807) is 0 Å². The van der Waals surface area contributed by atoms with Crippen LogP contribution in [0.1, 0.15) is 371 Å². The Labute approximate surface area is 607 Å². The van der Waals surface area contributed by atoms with Crippen molar-refractivity contribution in [2.24, 2.45) is 0 Å². The zero-order chi connectivity index (χ0) is 74.3. The SMILES string of the molecule is CCCCCCCCCCC[C@H](CC(=O)N[C@@H](CO)CO[C@@H]1O[C@H](CO)[C@@H](OP(=O)(O)O)[C@H](OC(=O)C[C@@H](CCCCCCCCCCC)OC(=O)CCCCCC)[C@H]1NC(=O)C[C@@H](CCCCCCCCCCC)OC(=O)CCCCCC)OC(=O)CCCCCC.CCN(CC)CC. The van der Waals surface area contributed by atoms with Crippen molar-refractivity contribution in [3.8, 4) is 0 Å². The number of nitrogens with one attached hydrogen (secondary N) is 2. The van der Waals surface area contributed by atoms with Gasteiger partial charge < -0.3 is 64.0 Å². The molecule has 0 aromatic carbocycles. The summed E-state index contributed by atoms with van der Waals surface area (Å²) in [5.74, 6) is -3.58. The molecule has 0 radical (unpaired) electrons. The summed E-state index contributed by atoms with van der Waals surface area (Å²) < 4.78 is 54.7. The highest BCUT2D eigenvalue weighted by molar-refractivity contribution is 7.46. The summed E-state index contributed by atoms with van der Waals surface area (Å²) in [7, 11) is -5.50. The number of unbranched alkanes of at least 4 members (excludes halogenated alkanes) is 33. The summed E-state index contributed by atoms with van der Waals surface area (Å²) in [5.41, 5.74) is 0. The molecule has 1 fully saturated rings. The number of nitrogens with zero attached hydrogens (tertiary/aromatic N) is 1. The molecule has 21 nitrogen and oxygen atoms in total. The summed E-state index contributed by atoms with van der Waals surface area (Å²) >= 11 is 0. The number of phosphoric ester groups is 1. The Morgan fingerprint density at radius 2 is 0.760 bits per heavy atom. The molecule has 590 valence electrons. The van der Waals surface area contributed by atoms with Crippen molar-refractivity contribution in [3.05, 3.63) is 0 Å². The van der Waals surface area contributed by atoms with Gasteiger partial charge in [0, 0.05) is 19.3 Å². The van der Waals surface area contributed by atoms with Gasteiger partial charge in [-0.15, -0.1) is 0 Å². The fourth-order valence-corrected chi connectivity index (χ4v) is 13.2. The van der Waals surface area contributed by atoms with Crippen LogP contribution in [0.25, 0.3) is 0 Å². The fraction of sp³-hybridized carbons (Fsp3) is 0.923. The molecule has 1 heterocycles. The van der Waals surface area contributed by atoms with Crippen LogP contribution in [-0.4, -0.2) is 155 Å². The molecule has 0 aliphatic carbocycles. The number of hydrogen-bond acceptors (Lipinski definition) is 17. The van der Waals surface area contributed by atoms with Gasteiger partial charge in [-0.2, -0.15) is 0 Å². The van der Waals surface area contributed by atoms with Crippen LogP contribution in [0, 0.1) is 0 Å². The van der Waals surface area contributed by atoms with Gasteiger partial charge in [0.1, 0.15) is 36.6 Å². The molecule has 0 spiro atoms. The molecule has 0 saturated carbocycles. The first-order chi connectivity index (χ1) is 48.3. The molecule has 0 bridgehead atoms. The molecule has 0 aromatic heterocycles. The second kappa shape index (κ2) is 66.4. The molecule has 0 unspecified atom stereocenters. The summed E-state index contributed by atoms with van der Waals surface area (Å²) in [4.78, 5) is 106. The van der Waals surface area contributed by atoms with Gasteiger partial charge in [0.25, 0.3) is 0 Å². The predicted molar refractivity (Wildman–Crippen MR) is 398 cm³/mol. The molecular weight excluding hydrogens is 1300 g/mol. The Morgan fingerprint density at radius 3 is 1.08 bits per heavy atom. The molecule has 2 amide bonds. The van der Waals surface area contributed by atoms with Crippen molar-refractivity contribution in [2.45, 2.75) is 426 Å². The summed E-state index contributed by atoms with van der Waals surface area (Å²) in [5, 5.41) is 27.2. The third-order valence-electron chi connectivity index (χ3n) is 18.8. The van der Waals surface area contributed by atoms with Crippen molar-refractivity contribution in [1.82, 2.24) is 15.5 Å². The second-order valence-electron chi connectivity index (χ2n) is 28.0. The number of esters is 4. The van der Waals surface area contributed by atoms with Gasteiger partial charge in [-0.05, 0) is 77.4 Å². The maximum Gasteiger partial charge on any atom is 0.470 e. The lowest BCUT2D eigenvalue weighted by molar-refractivity contribution is -0.272. The second-order valence-corrected chi connectivity index (χ2v) is 29.2. The smallest absolute Gasteiger partial charge is 0.462 e. The Kier molecular flexibility index (Phi) is 64.2. The lowest BCUT2D eigenvalue weighted by Gasteiger charge is -2.45. The number of carbonyl (C=O) groups is 6. The van der Waals surface area contributed by atoms with E-state index in [4.69, 9.17) is 32.9 Å². The summed E-state index contributed by atoms with van der Waals surface area (Å²) in [6, 6.07) is -2.80. The van der Waals surface area contributed by atoms with Crippen LogP contribution in [0.2, 0.25) is 0 Å². The number of phosphoric acid groups is 1. The normalized spacial score (nSPS) is 17.4. The highest BCUT2D eigenvalue weighted by Crippen LogP contribution is 2.42. The molecule has 0 aromatic rings. The Hall–Kier alpha value is -3.27. The van der Waals surface area contributed by atoms with E-state index in [0.29, 0.717) is 51.4 Å². The highest BCUT2D eigenvalue weighted by atomic mass is 31.2. The number of carbonyl (C=O) groups excluding carboxylic acids is 6. The van der Waals surface area contributed by atoms with Gasteiger partial charge in [0.05, 0.1) is 45.1 Å². The Balaban J connectivity index is 0.0000132. The molecule has 100 heavy (non-hydrogen) atoms. The molecule has 1 rings (SSSR count). The van der Waals surface area contributed by atoms with Gasteiger partial charge in [0.2, 0.25) is 11.8 Å². The van der Waals surface area contributed by atoms with Crippen molar-refractivity contribution in [2.75, 3.05) is 39.5 Å². The minimum absolute atomic E-state index is 0.142. The predicted octanol–water partition coefficient (Wildman–Crippen LogP) is 17.0. The van der Waals surface area contributed by atoms with Gasteiger partial charge in [-0.25, -0.2) is 4.57 Å². The van der Waals surface area contributed by atoms with Crippen molar-refractivity contribution in [3.63, 3.8) is 0 Å². The molecule has 1 saturated heterocycles. The Morgan fingerprint density at radius 1 is 0.430 bits per heavy atom. The van der Waals surface area contributed by atoms with Crippen LogP contribution in [-0.2, 0) is 66.3 Å². The van der Waals surface area contributed by atoms with Gasteiger partial charge in [-0.1, -0.05) is 274 Å². The van der Waals surface area contributed by atoms with Gasteiger partial charge >= 0.3 is 31.7 Å². The van der Waals surface area contributed by atoms with E-state index in [-0.39, 0.29) is 38.1 Å². The van der Waals surface area contributed by atoms with Crippen molar-refractivity contribution in [1.29, 1.82) is 0 Å². The molecule has 9 atom stereocenters. The molecular formula is C78H150N3O18P. The first kappa shape index (κ1) is 96.7. The number of aliphatic hydroxyl groups is 2. The van der Waals surface area contributed by atoms with Crippen LogP contribution in [0.3, 0.4) is 0 Å². The van der Waals surface area contributed by atoms with Gasteiger partial charge in [-0.3, -0.25) is 33.3 Å². The van der Waals surface area contributed by atoms with E-state index < -0.39 is 119 Å². The number of hydrogen-bond donors (Lipinski definition) is 6. The van der Waals surface area contributed by atoms with E-state index >= 15 is 0 Å². The summed E-state index contributed by atoms with van der Waals surface area (Å²) in [6.45, 7) is 20.8. The topological polar surface area (TPSA) is 292 Å². The van der Waals surface area contributed by atoms with E-state index in [9.17, 15) is 53.3 Å². The number of ether oxygens (including phenoxy) is 6. The highest BCUT2D eigenvalue weighted by Gasteiger charge is 2.52. The van der Waals surface area contributed by atoms with E-state index in [0.717, 1.165) is 167 Å². The lowest BCUT2D eigenvalue weighted by atomic mass is 9.95. The first-order valence-corrected chi connectivity index (χ1v) is 42.2. The van der Waals surface area contributed by atoms with Crippen LogP contribution >= 0.6 is 7.82 Å². The van der Waals surface area contributed by atoms with Crippen LogP contribution in [0.15, 0.2) is 0 Å². The van der Waals surface area contributed by atoms with Crippen molar-refractivity contribution < 1.29 is 86.3 Å².